The van der Waals surface area contributed by atoms with E-state index < -0.39 is 16.1 Å². The summed E-state index contributed by atoms with van der Waals surface area (Å²) in [5, 5.41) is 0. The van der Waals surface area contributed by atoms with E-state index in [4.69, 9.17) is 9.47 Å². The number of sulfonamides is 1. The van der Waals surface area contributed by atoms with Gasteiger partial charge >= 0.3 is 0 Å². The maximum absolute atomic E-state index is 13.1. The number of hydrogen-bond donors (Lipinski definition) is 0. The quantitative estimate of drug-likeness (QED) is 0.771. The summed E-state index contributed by atoms with van der Waals surface area (Å²) < 4.78 is 38.3. The molecule has 2 fully saturated rings. The molecule has 0 aliphatic carbocycles. The molecule has 2 saturated heterocycles. The summed E-state index contributed by atoms with van der Waals surface area (Å²) in [5.41, 5.74) is 0. The van der Waals surface area contributed by atoms with Crippen molar-refractivity contribution in [3.8, 4) is 5.75 Å². The standard InChI is InChI=1S/C18H26N2O5S/c1-14(2)25-15-5-7-16(8-6-15)26(22,23)20-9-3-4-17(20)18(21)19-10-12-24-13-11-19/h5-8,14,17H,3-4,9-13H2,1-2H3/t17-/m1/s1. The van der Waals surface area contributed by atoms with Crippen molar-refractivity contribution < 1.29 is 22.7 Å². The highest BCUT2D eigenvalue weighted by Crippen LogP contribution is 2.28. The summed E-state index contributed by atoms with van der Waals surface area (Å²) in [6, 6.07) is 5.77. The lowest BCUT2D eigenvalue weighted by Crippen LogP contribution is -2.50. The lowest BCUT2D eigenvalue weighted by Gasteiger charge is -2.32. The lowest BCUT2D eigenvalue weighted by molar-refractivity contribution is -0.138. The van der Waals surface area contributed by atoms with Crippen LogP contribution in [0.2, 0.25) is 0 Å². The van der Waals surface area contributed by atoms with E-state index in [1.165, 1.54) is 4.31 Å². The highest BCUT2D eigenvalue weighted by atomic mass is 32.2. The Kier molecular flexibility index (Phi) is 5.84. The van der Waals surface area contributed by atoms with E-state index in [2.05, 4.69) is 0 Å². The van der Waals surface area contributed by atoms with Crippen LogP contribution in [0.3, 0.4) is 0 Å². The van der Waals surface area contributed by atoms with Crippen LogP contribution in [0.5, 0.6) is 5.75 Å². The van der Waals surface area contributed by atoms with E-state index in [9.17, 15) is 13.2 Å². The first-order valence-corrected chi connectivity index (χ1v) is 10.5. The zero-order valence-electron chi connectivity index (χ0n) is 15.3. The summed E-state index contributed by atoms with van der Waals surface area (Å²) in [6.07, 6.45) is 1.27. The fraction of sp³-hybridized carbons (Fsp3) is 0.611. The van der Waals surface area contributed by atoms with Crippen molar-refractivity contribution in [1.29, 1.82) is 0 Å². The fourth-order valence-electron chi connectivity index (χ4n) is 3.37. The van der Waals surface area contributed by atoms with Gasteiger partial charge in [-0.2, -0.15) is 4.31 Å². The molecule has 0 radical (unpaired) electrons. The normalized spacial score (nSPS) is 22.0. The topological polar surface area (TPSA) is 76.2 Å². The molecule has 1 aromatic carbocycles. The molecule has 0 unspecified atom stereocenters. The third-order valence-corrected chi connectivity index (χ3v) is 6.54. The number of hydrogen-bond acceptors (Lipinski definition) is 5. The zero-order chi connectivity index (χ0) is 18.7. The Hall–Kier alpha value is -1.64. The van der Waals surface area contributed by atoms with Crippen LogP contribution in [0.4, 0.5) is 0 Å². The SMILES string of the molecule is CC(C)Oc1ccc(S(=O)(=O)N2CCC[C@@H]2C(=O)N2CCOCC2)cc1. The van der Waals surface area contributed by atoms with Crippen molar-refractivity contribution >= 4 is 15.9 Å². The zero-order valence-corrected chi connectivity index (χ0v) is 16.1. The van der Waals surface area contributed by atoms with Crippen LogP contribution < -0.4 is 4.74 Å². The molecule has 0 bridgehead atoms. The molecule has 2 heterocycles. The molecule has 1 amide bonds. The first-order valence-electron chi connectivity index (χ1n) is 9.04. The molecule has 8 heteroatoms. The van der Waals surface area contributed by atoms with Crippen molar-refractivity contribution in [1.82, 2.24) is 9.21 Å². The van der Waals surface area contributed by atoms with Gasteiger partial charge in [0.1, 0.15) is 11.8 Å². The Morgan fingerprint density at radius 1 is 1.15 bits per heavy atom. The minimum Gasteiger partial charge on any atom is -0.491 e. The van der Waals surface area contributed by atoms with Crippen LogP contribution >= 0.6 is 0 Å². The van der Waals surface area contributed by atoms with E-state index in [-0.39, 0.29) is 16.9 Å². The maximum Gasteiger partial charge on any atom is 0.243 e. The highest BCUT2D eigenvalue weighted by Gasteiger charge is 2.41. The molecule has 1 atom stereocenters. The molecule has 0 N–H and O–H groups in total. The van der Waals surface area contributed by atoms with E-state index >= 15 is 0 Å². The van der Waals surface area contributed by atoms with E-state index in [0.29, 0.717) is 51.4 Å². The summed E-state index contributed by atoms with van der Waals surface area (Å²) in [7, 11) is -3.72. The molecule has 144 valence electrons. The molecular weight excluding hydrogens is 356 g/mol. The Morgan fingerprint density at radius 3 is 2.42 bits per heavy atom. The molecule has 2 aliphatic heterocycles. The number of ether oxygens (including phenoxy) is 2. The number of rotatable bonds is 5. The summed E-state index contributed by atoms with van der Waals surface area (Å²) in [5.74, 6) is 0.510. The van der Waals surface area contributed by atoms with Gasteiger partial charge in [-0.15, -0.1) is 0 Å². The van der Waals surface area contributed by atoms with Gasteiger partial charge in [0, 0.05) is 19.6 Å². The van der Waals surface area contributed by atoms with Crippen molar-refractivity contribution in [2.24, 2.45) is 0 Å². The van der Waals surface area contributed by atoms with Gasteiger partial charge in [0.2, 0.25) is 15.9 Å². The fourth-order valence-corrected chi connectivity index (χ4v) is 5.02. The van der Waals surface area contributed by atoms with Gasteiger partial charge in [-0.1, -0.05) is 0 Å². The second-order valence-electron chi connectivity index (χ2n) is 6.85. The molecular formula is C18H26N2O5S. The Labute approximate surface area is 154 Å². The Morgan fingerprint density at radius 2 is 1.81 bits per heavy atom. The van der Waals surface area contributed by atoms with Gasteiger partial charge in [-0.3, -0.25) is 4.79 Å². The van der Waals surface area contributed by atoms with Crippen molar-refractivity contribution in [3.05, 3.63) is 24.3 Å². The monoisotopic (exact) mass is 382 g/mol. The summed E-state index contributed by atoms with van der Waals surface area (Å²) in [6.45, 7) is 6.24. The second-order valence-corrected chi connectivity index (χ2v) is 8.74. The lowest BCUT2D eigenvalue weighted by atomic mass is 10.2. The first-order chi connectivity index (χ1) is 12.4. The van der Waals surface area contributed by atoms with Crippen LogP contribution in [0.25, 0.3) is 0 Å². The second kappa shape index (κ2) is 7.94. The number of carbonyl (C=O) groups excluding carboxylic acids is 1. The largest absolute Gasteiger partial charge is 0.491 e. The summed E-state index contributed by atoms with van der Waals surface area (Å²) in [4.78, 5) is 14.7. The van der Waals surface area contributed by atoms with Gasteiger partial charge in [0.25, 0.3) is 0 Å². The number of amides is 1. The minimum absolute atomic E-state index is 0.0200. The van der Waals surface area contributed by atoms with E-state index in [0.717, 1.165) is 0 Å². The minimum atomic E-state index is -3.72. The average molecular weight is 382 g/mol. The smallest absolute Gasteiger partial charge is 0.243 e. The number of benzene rings is 1. The molecule has 7 nitrogen and oxygen atoms in total. The molecule has 26 heavy (non-hydrogen) atoms. The maximum atomic E-state index is 13.1. The average Bonchev–Trinajstić information content (AvgIpc) is 3.12. The third-order valence-electron chi connectivity index (χ3n) is 4.61. The molecule has 0 aromatic heterocycles. The van der Waals surface area contributed by atoms with Gasteiger partial charge in [0.15, 0.2) is 0 Å². The Balaban J connectivity index is 1.77. The van der Waals surface area contributed by atoms with Crippen molar-refractivity contribution in [2.75, 3.05) is 32.8 Å². The van der Waals surface area contributed by atoms with Gasteiger partial charge in [-0.05, 0) is 51.0 Å². The van der Waals surface area contributed by atoms with Crippen LogP contribution in [0, 0.1) is 0 Å². The summed E-state index contributed by atoms with van der Waals surface area (Å²) >= 11 is 0. The predicted molar refractivity (Wildman–Crippen MR) is 96.5 cm³/mol. The predicted octanol–water partition coefficient (Wildman–Crippen LogP) is 1.49. The molecule has 0 saturated carbocycles. The number of carbonyl (C=O) groups is 1. The number of morpholine rings is 1. The van der Waals surface area contributed by atoms with Crippen LogP contribution in [0.1, 0.15) is 26.7 Å². The van der Waals surface area contributed by atoms with Crippen LogP contribution in [0.15, 0.2) is 29.2 Å². The molecule has 3 rings (SSSR count). The molecule has 1 aromatic rings. The van der Waals surface area contributed by atoms with Gasteiger partial charge < -0.3 is 14.4 Å². The molecule has 2 aliphatic rings. The first kappa shape index (κ1) is 19.1. The number of nitrogens with zero attached hydrogens (tertiary/aromatic N) is 2. The van der Waals surface area contributed by atoms with Crippen molar-refractivity contribution in [2.45, 2.75) is 43.7 Å². The van der Waals surface area contributed by atoms with Gasteiger partial charge in [-0.25, -0.2) is 8.42 Å². The highest BCUT2D eigenvalue weighted by molar-refractivity contribution is 7.89. The molecule has 0 spiro atoms. The van der Waals surface area contributed by atoms with E-state index in [1.807, 2.05) is 13.8 Å². The van der Waals surface area contributed by atoms with E-state index in [1.54, 1.807) is 29.2 Å². The van der Waals surface area contributed by atoms with Gasteiger partial charge in [0.05, 0.1) is 24.2 Å². The van der Waals surface area contributed by atoms with Crippen LogP contribution in [-0.4, -0.2) is 68.5 Å². The Bertz CT molecular complexity index is 726. The third kappa shape index (κ3) is 4.02. The van der Waals surface area contributed by atoms with Crippen LogP contribution in [-0.2, 0) is 19.6 Å². The van der Waals surface area contributed by atoms with Crippen molar-refractivity contribution in [3.63, 3.8) is 0 Å².